The van der Waals surface area contributed by atoms with E-state index in [1.165, 1.54) is 0 Å². The van der Waals surface area contributed by atoms with Crippen molar-refractivity contribution >= 4 is 53.0 Å². The van der Waals surface area contributed by atoms with Gasteiger partial charge >= 0.3 is 0 Å². The van der Waals surface area contributed by atoms with Crippen molar-refractivity contribution in [1.82, 2.24) is 0 Å². The van der Waals surface area contributed by atoms with Crippen LogP contribution in [0.3, 0.4) is 0 Å². The summed E-state index contributed by atoms with van der Waals surface area (Å²) in [6, 6.07) is 22.7. The lowest BCUT2D eigenvalue weighted by molar-refractivity contribution is 0.0153. The number of aliphatic hydroxyl groups excluding tert-OH is 2. The molecule has 8 nitrogen and oxygen atoms in total. The molecule has 4 aromatic rings. The highest BCUT2D eigenvalue weighted by molar-refractivity contribution is 7.93. The summed E-state index contributed by atoms with van der Waals surface area (Å²) in [4.78, 5) is 0. The quantitative estimate of drug-likeness (QED) is 0.142. The summed E-state index contributed by atoms with van der Waals surface area (Å²) in [5, 5.41) is 25.7. The van der Waals surface area contributed by atoms with Gasteiger partial charge < -0.3 is 10.2 Å². The average molecular weight is 717 g/mol. The SMILES string of the molecule is CC1(C)C2CCC1(CS(=O)(=O)Nc1ccc3ccccc3c1-c1c(NS(=O)(=O)CC34CCC(CC3O)C4(C)C)ccc3ccccc13)C(O)C2. The Kier molecular flexibility index (Phi) is 7.57. The number of hydrogen-bond acceptors (Lipinski definition) is 6. The van der Waals surface area contributed by atoms with Crippen LogP contribution in [0.5, 0.6) is 0 Å². The van der Waals surface area contributed by atoms with Gasteiger partial charge in [-0.1, -0.05) is 88.4 Å². The Morgan fingerprint density at radius 3 is 1.32 bits per heavy atom. The molecule has 0 radical (unpaired) electrons. The predicted molar refractivity (Wildman–Crippen MR) is 201 cm³/mol. The van der Waals surface area contributed by atoms with E-state index in [1.54, 1.807) is 12.1 Å². The predicted octanol–water partition coefficient (Wildman–Crippen LogP) is 7.52. The highest BCUT2D eigenvalue weighted by atomic mass is 32.2. The van der Waals surface area contributed by atoms with Gasteiger partial charge in [0.2, 0.25) is 20.0 Å². The fourth-order valence-electron chi connectivity index (χ4n) is 11.1. The maximum absolute atomic E-state index is 14.3. The van der Waals surface area contributed by atoms with Crippen LogP contribution in [0.2, 0.25) is 0 Å². The number of anilines is 2. The fraction of sp³-hybridized carbons (Fsp3) is 0.500. The minimum Gasteiger partial charge on any atom is -0.392 e. The molecule has 50 heavy (non-hydrogen) atoms. The lowest BCUT2D eigenvalue weighted by atomic mass is 9.70. The van der Waals surface area contributed by atoms with Gasteiger partial charge in [0.1, 0.15) is 0 Å². The van der Waals surface area contributed by atoms with Crippen molar-refractivity contribution in [3.05, 3.63) is 72.8 Å². The van der Waals surface area contributed by atoms with Crippen molar-refractivity contribution in [2.24, 2.45) is 33.5 Å². The number of aliphatic hydroxyl groups is 2. The largest absolute Gasteiger partial charge is 0.392 e. The molecule has 4 aromatic carbocycles. The van der Waals surface area contributed by atoms with Crippen molar-refractivity contribution in [3.8, 4) is 11.1 Å². The van der Waals surface area contributed by atoms with Crippen LogP contribution in [0.15, 0.2) is 72.8 Å². The van der Waals surface area contributed by atoms with E-state index in [1.807, 2.05) is 60.7 Å². The molecule has 266 valence electrons. The van der Waals surface area contributed by atoms with Gasteiger partial charge in [0.15, 0.2) is 0 Å². The van der Waals surface area contributed by atoms with E-state index in [2.05, 4.69) is 37.1 Å². The Hall–Kier alpha value is -3.18. The lowest BCUT2D eigenvalue weighted by Gasteiger charge is -2.40. The maximum Gasteiger partial charge on any atom is 0.233 e. The number of rotatable bonds is 9. The van der Waals surface area contributed by atoms with E-state index < -0.39 is 43.1 Å². The highest BCUT2D eigenvalue weighted by Crippen LogP contribution is 2.67. The van der Waals surface area contributed by atoms with Crippen molar-refractivity contribution in [2.75, 3.05) is 20.9 Å². The standard InChI is InChI=1S/C40H48N2O6S2/c1-37(2)27-17-19-39(37,33(43)21-27)23-49(45,46)41-31-15-13-25-9-5-7-11-29(25)35(31)36-30-12-8-6-10-26(30)14-16-32(36)42-50(47,48)24-40-20-18-28(22-34(40)44)38(40,3)4/h5-16,27-28,33-34,41-44H,17-24H2,1-4H3. The molecule has 6 atom stereocenters. The first-order valence-electron chi connectivity index (χ1n) is 17.9. The Morgan fingerprint density at radius 1 is 0.600 bits per heavy atom. The molecule has 4 fully saturated rings. The molecular weight excluding hydrogens is 669 g/mol. The van der Waals surface area contributed by atoms with Crippen LogP contribution >= 0.6 is 0 Å². The highest BCUT2D eigenvalue weighted by Gasteiger charge is 2.66. The van der Waals surface area contributed by atoms with E-state index in [4.69, 9.17) is 0 Å². The Morgan fingerprint density at radius 2 is 0.980 bits per heavy atom. The molecular formula is C40H48N2O6S2. The molecule has 10 heteroatoms. The van der Waals surface area contributed by atoms with Crippen molar-refractivity contribution in [3.63, 3.8) is 0 Å². The zero-order valence-electron chi connectivity index (χ0n) is 29.2. The first kappa shape index (κ1) is 33.9. The van der Waals surface area contributed by atoms with E-state index in [9.17, 15) is 27.0 Å². The summed E-state index contributed by atoms with van der Waals surface area (Å²) >= 11 is 0. The van der Waals surface area contributed by atoms with Crippen LogP contribution in [0, 0.1) is 33.5 Å². The molecule has 0 heterocycles. The third-order valence-electron chi connectivity index (χ3n) is 14.3. The zero-order valence-corrected chi connectivity index (χ0v) is 30.9. The Balaban J connectivity index is 1.26. The first-order chi connectivity index (χ1) is 23.5. The summed E-state index contributed by atoms with van der Waals surface area (Å²) in [7, 11) is -7.97. The summed E-state index contributed by atoms with van der Waals surface area (Å²) in [5.41, 5.74) is -0.300. The van der Waals surface area contributed by atoms with E-state index in [0.717, 1.165) is 34.4 Å². The molecule has 0 aliphatic heterocycles. The van der Waals surface area contributed by atoms with Gasteiger partial charge in [-0.15, -0.1) is 0 Å². The number of sulfonamides is 2. The van der Waals surface area contributed by atoms with Crippen LogP contribution in [-0.2, 0) is 20.0 Å². The fourth-order valence-corrected chi connectivity index (χ4v) is 15.0. The van der Waals surface area contributed by atoms with Crippen LogP contribution in [0.1, 0.15) is 66.2 Å². The van der Waals surface area contributed by atoms with E-state index in [-0.39, 0.29) is 34.2 Å². The zero-order chi connectivity index (χ0) is 35.5. The van der Waals surface area contributed by atoms with Crippen LogP contribution in [0.25, 0.3) is 32.7 Å². The summed E-state index contributed by atoms with van der Waals surface area (Å²) in [6.45, 7) is 8.35. The number of nitrogens with one attached hydrogen (secondary N) is 2. The lowest BCUT2D eigenvalue weighted by Crippen LogP contribution is -2.45. The molecule has 4 bridgehead atoms. The number of fused-ring (bicyclic) bond motifs is 6. The molecule has 0 saturated heterocycles. The second-order valence-corrected chi connectivity index (χ2v) is 20.3. The Labute approximate surface area is 295 Å². The van der Waals surface area contributed by atoms with Gasteiger partial charge in [-0.05, 0) is 94.9 Å². The normalized spacial score (nSPS) is 31.1. The smallest absolute Gasteiger partial charge is 0.233 e. The summed E-state index contributed by atoms with van der Waals surface area (Å²) < 4.78 is 63.0. The molecule has 4 aliphatic carbocycles. The summed E-state index contributed by atoms with van der Waals surface area (Å²) in [6.07, 6.45) is 2.94. The number of hydrogen-bond donors (Lipinski definition) is 4. The molecule has 4 N–H and O–H groups in total. The molecule has 0 aromatic heterocycles. The number of benzene rings is 4. The van der Waals surface area contributed by atoms with Gasteiger partial charge in [-0.3, -0.25) is 9.44 Å². The topological polar surface area (TPSA) is 133 Å². The van der Waals surface area contributed by atoms with Gasteiger partial charge in [-0.2, -0.15) is 0 Å². The van der Waals surface area contributed by atoms with Crippen molar-refractivity contribution in [1.29, 1.82) is 0 Å². The molecule has 6 unspecified atom stereocenters. The monoisotopic (exact) mass is 716 g/mol. The average Bonchev–Trinajstić information content (AvgIpc) is 3.57. The minimum atomic E-state index is -3.98. The summed E-state index contributed by atoms with van der Waals surface area (Å²) in [5.74, 6) is 0.155. The maximum atomic E-state index is 14.3. The molecule has 4 saturated carbocycles. The first-order valence-corrected chi connectivity index (χ1v) is 21.2. The van der Waals surface area contributed by atoms with Crippen molar-refractivity contribution in [2.45, 2.75) is 78.4 Å². The van der Waals surface area contributed by atoms with Crippen molar-refractivity contribution < 1.29 is 27.0 Å². The molecule has 4 aliphatic rings. The Bertz CT molecular complexity index is 2090. The van der Waals surface area contributed by atoms with Gasteiger partial charge in [0.25, 0.3) is 0 Å². The van der Waals surface area contributed by atoms with Gasteiger partial charge in [0.05, 0.1) is 35.1 Å². The second kappa shape index (κ2) is 11.2. The second-order valence-electron chi connectivity index (χ2n) is 16.9. The van der Waals surface area contributed by atoms with Gasteiger partial charge in [-0.25, -0.2) is 16.8 Å². The van der Waals surface area contributed by atoms with Crippen LogP contribution < -0.4 is 9.44 Å². The molecule has 0 amide bonds. The van der Waals surface area contributed by atoms with E-state index >= 15 is 0 Å². The van der Waals surface area contributed by atoms with E-state index in [0.29, 0.717) is 48.2 Å². The molecule has 8 rings (SSSR count). The van der Waals surface area contributed by atoms with Crippen LogP contribution in [-0.4, -0.2) is 50.8 Å². The third-order valence-corrected chi connectivity index (χ3v) is 17.2. The van der Waals surface area contributed by atoms with Gasteiger partial charge in [0, 0.05) is 22.0 Å². The minimum absolute atomic E-state index is 0.201. The third kappa shape index (κ3) is 4.88. The van der Waals surface area contributed by atoms with Crippen LogP contribution in [0.4, 0.5) is 11.4 Å². The molecule has 0 spiro atoms.